The van der Waals surface area contributed by atoms with Gasteiger partial charge in [-0.3, -0.25) is 0 Å². The summed E-state index contributed by atoms with van der Waals surface area (Å²) < 4.78 is 0. The summed E-state index contributed by atoms with van der Waals surface area (Å²) in [5.74, 6) is 1.91. The maximum Gasteiger partial charge on any atom is 0.115 e. The van der Waals surface area contributed by atoms with Gasteiger partial charge in [0.15, 0.2) is 0 Å². The zero-order valence-electron chi connectivity index (χ0n) is 13.2. The molecule has 2 saturated heterocycles. The van der Waals surface area contributed by atoms with Crippen LogP contribution in [0.25, 0.3) is 0 Å². The number of hydrogen-bond acceptors (Lipinski definition) is 3. The van der Waals surface area contributed by atoms with E-state index in [1.807, 2.05) is 12.1 Å². The molecule has 2 heterocycles. The molecule has 0 aromatic heterocycles. The van der Waals surface area contributed by atoms with Crippen LogP contribution in [0.15, 0.2) is 24.3 Å². The molecule has 3 heteroatoms. The Morgan fingerprint density at radius 3 is 2.52 bits per heavy atom. The van der Waals surface area contributed by atoms with Gasteiger partial charge in [0.2, 0.25) is 0 Å². The smallest absolute Gasteiger partial charge is 0.115 e. The minimum atomic E-state index is 0.403. The van der Waals surface area contributed by atoms with Gasteiger partial charge >= 0.3 is 0 Å². The Kier molecular flexibility index (Phi) is 4.81. The average molecular weight is 288 g/mol. The van der Waals surface area contributed by atoms with E-state index in [9.17, 15) is 5.11 Å². The molecule has 0 spiro atoms. The summed E-state index contributed by atoms with van der Waals surface area (Å²) in [5.41, 5.74) is 1.31. The van der Waals surface area contributed by atoms with Crippen LogP contribution in [0.5, 0.6) is 5.75 Å². The molecular weight excluding hydrogens is 260 g/mol. The van der Waals surface area contributed by atoms with Crippen LogP contribution >= 0.6 is 0 Å². The average Bonchev–Trinajstić information content (AvgIpc) is 2.96. The van der Waals surface area contributed by atoms with E-state index < -0.39 is 0 Å². The second-order valence-corrected chi connectivity index (χ2v) is 6.72. The van der Waals surface area contributed by atoms with E-state index in [4.69, 9.17) is 0 Å². The van der Waals surface area contributed by atoms with Crippen LogP contribution in [-0.2, 0) is 0 Å². The third-order valence-corrected chi connectivity index (χ3v) is 5.26. The lowest BCUT2D eigenvalue weighted by Crippen LogP contribution is -2.37. The van der Waals surface area contributed by atoms with Gasteiger partial charge in [-0.1, -0.05) is 19.1 Å². The van der Waals surface area contributed by atoms with Crippen molar-refractivity contribution in [1.29, 1.82) is 0 Å². The van der Waals surface area contributed by atoms with Gasteiger partial charge in [-0.05, 0) is 75.0 Å². The van der Waals surface area contributed by atoms with Gasteiger partial charge < -0.3 is 14.9 Å². The summed E-state index contributed by atoms with van der Waals surface area (Å²) in [5, 5.41) is 9.62. The predicted molar refractivity (Wildman–Crippen MR) is 86.7 cm³/mol. The van der Waals surface area contributed by atoms with Gasteiger partial charge in [0, 0.05) is 13.1 Å². The predicted octanol–water partition coefficient (Wildman–Crippen LogP) is 2.91. The molecule has 1 aromatic carbocycles. The van der Waals surface area contributed by atoms with E-state index in [0.717, 1.165) is 5.92 Å². The fourth-order valence-electron chi connectivity index (χ4n) is 3.94. The van der Waals surface area contributed by atoms with Crippen molar-refractivity contribution in [2.45, 2.75) is 32.1 Å². The third kappa shape index (κ3) is 3.78. The number of rotatable bonds is 4. The Morgan fingerprint density at radius 2 is 1.86 bits per heavy atom. The maximum atomic E-state index is 9.62. The zero-order chi connectivity index (χ0) is 14.7. The number of aromatic hydroxyl groups is 1. The summed E-state index contributed by atoms with van der Waals surface area (Å²) in [6.45, 7) is 9.76. The highest BCUT2D eigenvalue weighted by Crippen LogP contribution is 2.30. The van der Waals surface area contributed by atoms with Gasteiger partial charge in [0.05, 0.1) is 0 Å². The molecule has 2 aliphatic heterocycles. The Hall–Kier alpha value is -1.06. The number of benzene rings is 1. The number of hydrogen-bond donors (Lipinski definition) is 1. The van der Waals surface area contributed by atoms with E-state index in [0.29, 0.717) is 11.7 Å². The Bertz CT molecular complexity index is 454. The lowest BCUT2D eigenvalue weighted by molar-refractivity contribution is 0.182. The first-order valence-electron chi connectivity index (χ1n) is 8.48. The van der Waals surface area contributed by atoms with Gasteiger partial charge in [-0.25, -0.2) is 0 Å². The molecule has 1 atom stereocenters. The van der Waals surface area contributed by atoms with Crippen LogP contribution in [-0.4, -0.2) is 54.2 Å². The van der Waals surface area contributed by atoms with Crippen molar-refractivity contribution in [3.05, 3.63) is 29.8 Å². The maximum absolute atomic E-state index is 9.62. The fraction of sp³-hybridized carbons (Fsp3) is 0.667. The molecule has 2 aliphatic rings. The third-order valence-electron chi connectivity index (χ3n) is 5.26. The molecule has 1 aromatic rings. The molecule has 0 radical (unpaired) electrons. The van der Waals surface area contributed by atoms with E-state index in [1.54, 1.807) is 6.07 Å². The first-order valence-corrected chi connectivity index (χ1v) is 8.48. The minimum Gasteiger partial charge on any atom is -0.508 e. The van der Waals surface area contributed by atoms with E-state index in [1.165, 1.54) is 64.1 Å². The standard InChI is InChI=1S/C18H28N2O/c1-2-19-9-6-15(13-19)14-20-10-7-16(8-11-20)17-4-3-5-18(21)12-17/h3-5,12,15-16,21H,2,6-11,13-14H2,1H3. The van der Waals surface area contributed by atoms with Crippen LogP contribution in [0.3, 0.4) is 0 Å². The van der Waals surface area contributed by atoms with Crippen molar-refractivity contribution in [3.63, 3.8) is 0 Å². The van der Waals surface area contributed by atoms with E-state index in [-0.39, 0.29) is 0 Å². The normalized spacial score (nSPS) is 25.5. The molecule has 21 heavy (non-hydrogen) atoms. The van der Waals surface area contributed by atoms with Gasteiger partial charge in [-0.2, -0.15) is 0 Å². The first-order chi connectivity index (χ1) is 10.2. The number of likely N-dealkylation sites (tertiary alicyclic amines) is 2. The number of nitrogens with zero attached hydrogens (tertiary/aromatic N) is 2. The molecule has 3 nitrogen and oxygen atoms in total. The highest BCUT2D eigenvalue weighted by atomic mass is 16.3. The Morgan fingerprint density at radius 1 is 1.10 bits per heavy atom. The Labute approximate surface area is 128 Å². The van der Waals surface area contributed by atoms with Crippen molar-refractivity contribution < 1.29 is 5.11 Å². The van der Waals surface area contributed by atoms with E-state index >= 15 is 0 Å². The summed E-state index contributed by atoms with van der Waals surface area (Å²) in [6, 6.07) is 7.83. The van der Waals surface area contributed by atoms with Crippen molar-refractivity contribution in [3.8, 4) is 5.75 Å². The number of piperidine rings is 1. The number of phenolic OH excluding ortho intramolecular Hbond substituents is 1. The first kappa shape index (κ1) is 14.9. The fourth-order valence-corrected chi connectivity index (χ4v) is 3.94. The van der Waals surface area contributed by atoms with Crippen LogP contribution in [0.4, 0.5) is 0 Å². The van der Waals surface area contributed by atoms with Crippen molar-refractivity contribution in [2.24, 2.45) is 5.92 Å². The summed E-state index contributed by atoms with van der Waals surface area (Å²) in [4.78, 5) is 5.23. The SMILES string of the molecule is CCN1CCC(CN2CCC(c3cccc(O)c3)CC2)C1. The van der Waals surface area contributed by atoms with Crippen molar-refractivity contribution in [2.75, 3.05) is 39.3 Å². The molecule has 116 valence electrons. The van der Waals surface area contributed by atoms with Gasteiger partial charge in [0.1, 0.15) is 5.75 Å². The van der Waals surface area contributed by atoms with E-state index in [2.05, 4.69) is 22.8 Å². The lowest BCUT2D eigenvalue weighted by Gasteiger charge is -2.33. The summed E-state index contributed by atoms with van der Waals surface area (Å²) >= 11 is 0. The van der Waals surface area contributed by atoms with Crippen LogP contribution in [0, 0.1) is 5.92 Å². The molecule has 0 amide bonds. The molecule has 1 unspecified atom stereocenters. The number of phenols is 1. The van der Waals surface area contributed by atoms with Crippen LogP contribution in [0.2, 0.25) is 0 Å². The quantitative estimate of drug-likeness (QED) is 0.923. The summed E-state index contributed by atoms with van der Waals surface area (Å²) in [6.07, 6.45) is 3.83. The monoisotopic (exact) mass is 288 g/mol. The van der Waals surface area contributed by atoms with Crippen molar-refractivity contribution >= 4 is 0 Å². The van der Waals surface area contributed by atoms with Gasteiger partial charge in [-0.15, -0.1) is 0 Å². The molecule has 3 rings (SSSR count). The van der Waals surface area contributed by atoms with Crippen molar-refractivity contribution in [1.82, 2.24) is 9.80 Å². The topological polar surface area (TPSA) is 26.7 Å². The zero-order valence-corrected chi connectivity index (χ0v) is 13.2. The van der Waals surface area contributed by atoms with Crippen LogP contribution in [0.1, 0.15) is 37.7 Å². The molecule has 0 saturated carbocycles. The molecular formula is C18H28N2O. The van der Waals surface area contributed by atoms with Crippen LogP contribution < -0.4 is 0 Å². The molecule has 0 aliphatic carbocycles. The Balaban J connectivity index is 1.47. The minimum absolute atomic E-state index is 0.403. The highest BCUT2D eigenvalue weighted by Gasteiger charge is 2.26. The van der Waals surface area contributed by atoms with Gasteiger partial charge in [0.25, 0.3) is 0 Å². The second-order valence-electron chi connectivity index (χ2n) is 6.72. The molecule has 1 N–H and O–H groups in total. The summed E-state index contributed by atoms with van der Waals surface area (Å²) in [7, 11) is 0. The molecule has 2 fully saturated rings. The lowest BCUT2D eigenvalue weighted by atomic mass is 9.89. The molecule has 0 bridgehead atoms. The largest absolute Gasteiger partial charge is 0.508 e. The second kappa shape index (κ2) is 6.80. The highest BCUT2D eigenvalue weighted by molar-refractivity contribution is 5.30.